The summed E-state index contributed by atoms with van der Waals surface area (Å²) in [5.41, 5.74) is -1.21. The lowest BCUT2D eigenvalue weighted by atomic mass is 9.84. The number of carbonyl (C=O) groups excluding carboxylic acids is 1. The number of benzene rings is 1. The van der Waals surface area contributed by atoms with Crippen LogP contribution in [0.25, 0.3) is 0 Å². The van der Waals surface area contributed by atoms with Gasteiger partial charge in [-0.05, 0) is 25.0 Å². The van der Waals surface area contributed by atoms with E-state index in [1.54, 1.807) is 6.92 Å². The minimum atomic E-state index is -0.941. The average Bonchev–Trinajstić information content (AvgIpc) is 2.89. The topological polar surface area (TPSA) is 57.6 Å². The van der Waals surface area contributed by atoms with Crippen molar-refractivity contribution in [3.63, 3.8) is 0 Å². The van der Waals surface area contributed by atoms with Gasteiger partial charge in [-0.3, -0.25) is 9.59 Å². The van der Waals surface area contributed by atoms with Crippen LogP contribution < -0.4 is 0 Å². The lowest BCUT2D eigenvalue weighted by Gasteiger charge is -2.23. The second-order valence-corrected chi connectivity index (χ2v) is 5.38. The molecule has 1 heterocycles. The number of carbonyl (C=O) groups is 2. The number of hydrogen-bond acceptors (Lipinski definition) is 2. The van der Waals surface area contributed by atoms with Gasteiger partial charge in [0, 0.05) is 18.7 Å². The van der Waals surface area contributed by atoms with E-state index in [2.05, 4.69) is 0 Å². The van der Waals surface area contributed by atoms with Gasteiger partial charge in [-0.15, -0.1) is 0 Å². The summed E-state index contributed by atoms with van der Waals surface area (Å²) in [5.74, 6) is -2.90. The average molecular weight is 297 g/mol. The summed E-state index contributed by atoms with van der Waals surface area (Å²) < 4.78 is 27.1. The van der Waals surface area contributed by atoms with Crippen molar-refractivity contribution < 1.29 is 23.5 Å². The Morgan fingerprint density at radius 2 is 1.95 bits per heavy atom. The van der Waals surface area contributed by atoms with E-state index < -0.39 is 35.3 Å². The molecule has 0 spiro atoms. The zero-order valence-electron chi connectivity index (χ0n) is 11.7. The van der Waals surface area contributed by atoms with E-state index >= 15 is 0 Å². The smallest absolute Gasteiger partial charge is 0.311 e. The molecular weight excluding hydrogens is 280 g/mol. The normalized spacial score (nSPS) is 21.6. The zero-order valence-corrected chi connectivity index (χ0v) is 11.7. The quantitative estimate of drug-likeness (QED) is 0.927. The molecule has 1 atom stereocenters. The van der Waals surface area contributed by atoms with Crippen molar-refractivity contribution in [3.8, 4) is 0 Å². The molecule has 1 fully saturated rings. The maximum absolute atomic E-state index is 13.5. The third-order valence-corrected chi connectivity index (χ3v) is 4.23. The molecule has 4 nitrogen and oxygen atoms in total. The van der Waals surface area contributed by atoms with Crippen LogP contribution in [0.15, 0.2) is 18.2 Å². The van der Waals surface area contributed by atoms with Crippen LogP contribution in [-0.2, 0) is 16.0 Å². The summed E-state index contributed by atoms with van der Waals surface area (Å²) in [5, 5.41) is 9.28. The third-order valence-electron chi connectivity index (χ3n) is 4.23. The van der Waals surface area contributed by atoms with E-state index in [-0.39, 0.29) is 12.1 Å². The molecule has 21 heavy (non-hydrogen) atoms. The number of hydrogen-bond donors (Lipinski definition) is 1. The fourth-order valence-electron chi connectivity index (χ4n) is 2.66. The Labute approximate surface area is 121 Å². The summed E-state index contributed by atoms with van der Waals surface area (Å²) in [6, 6.07) is 3.44. The van der Waals surface area contributed by atoms with Crippen molar-refractivity contribution in [3.05, 3.63) is 35.4 Å². The van der Waals surface area contributed by atoms with Crippen LogP contribution in [0.5, 0.6) is 0 Å². The molecular formula is C15H17F2NO3. The largest absolute Gasteiger partial charge is 0.481 e. The fraction of sp³-hybridized carbons (Fsp3) is 0.467. The van der Waals surface area contributed by atoms with Gasteiger partial charge in [-0.1, -0.05) is 13.0 Å². The highest BCUT2D eigenvalue weighted by atomic mass is 19.1. The molecule has 0 aliphatic carbocycles. The highest BCUT2D eigenvalue weighted by Crippen LogP contribution is 2.34. The third kappa shape index (κ3) is 2.89. The summed E-state index contributed by atoms with van der Waals surface area (Å²) in [6.07, 6.45) is 0.391. The highest BCUT2D eigenvalue weighted by molar-refractivity contribution is 5.82. The molecule has 0 saturated carbocycles. The van der Waals surface area contributed by atoms with Gasteiger partial charge in [-0.25, -0.2) is 8.78 Å². The molecule has 1 amide bonds. The standard InChI is InChI=1S/C15H17F2NO3/c1-2-15(14(20)21)6-7-18(9-15)13(19)8-10-11(16)4-3-5-12(10)17/h3-5H,2,6-9H2,1H3,(H,20,21). The summed E-state index contributed by atoms with van der Waals surface area (Å²) in [6.45, 7) is 2.15. The number of amides is 1. The van der Waals surface area contributed by atoms with Crippen LogP contribution >= 0.6 is 0 Å². The van der Waals surface area contributed by atoms with Gasteiger partial charge in [-0.2, -0.15) is 0 Å². The molecule has 1 aliphatic heterocycles. The molecule has 6 heteroatoms. The molecule has 0 bridgehead atoms. The Bertz CT molecular complexity index is 556. The first-order chi connectivity index (χ1) is 9.89. The number of carboxylic acid groups (broad SMARTS) is 1. The van der Waals surface area contributed by atoms with E-state index in [0.717, 1.165) is 12.1 Å². The van der Waals surface area contributed by atoms with Crippen molar-refractivity contribution in [2.45, 2.75) is 26.2 Å². The molecule has 0 aromatic heterocycles. The van der Waals surface area contributed by atoms with Gasteiger partial charge in [0.05, 0.1) is 11.8 Å². The molecule has 1 aliphatic rings. The molecule has 1 N–H and O–H groups in total. The van der Waals surface area contributed by atoms with Gasteiger partial charge in [0.25, 0.3) is 0 Å². The summed E-state index contributed by atoms with van der Waals surface area (Å²) >= 11 is 0. The van der Waals surface area contributed by atoms with Crippen LogP contribution in [0.3, 0.4) is 0 Å². The lowest BCUT2D eigenvalue weighted by molar-refractivity contribution is -0.148. The van der Waals surface area contributed by atoms with E-state index in [1.807, 2.05) is 0 Å². The van der Waals surface area contributed by atoms with Crippen molar-refractivity contribution in [1.82, 2.24) is 4.90 Å². The highest BCUT2D eigenvalue weighted by Gasteiger charge is 2.44. The number of nitrogens with zero attached hydrogens (tertiary/aromatic N) is 1. The number of carboxylic acids is 1. The Hall–Kier alpha value is -1.98. The molecule has 1 aromatic carbocycles. The molecule has 1 unspecified atom stereocenters. The minimum absolute atomic E-state index is 0.0910. The van der Waals surface area contributed by atoms with Crippen LogP contribution in [0.1, 0.15) is 25.3 Å². The van der Waals surface area contributed by atoms with Crippen molar-refractivity contribution in [1.29, 1.82) is 0 Å². The Kier molecular flexibility index (Phi) is 4.25. The summed E-state index contributed by atoms with van der Waals surface area (Å²) in [7, 11) is 0. The molecule has 0 radical (unpaired) electrons. The fourth-order valence-corrected chi connectivity index (χ4v) is 2.66. The lowest BCUT2D eigenvalue weighted by Crippen LogP contribution is -2.37. The maximum atomic E-state index is 13.5. The Morgan fingerprint density at radius 1 is 1.33 bits per heavy atom. The Balaban J connectivity index is 2.11. The van der Waals surface area contributed by atoms with E-state index in [0.29, 0.717) is 19.4 Å². The van der Waals surface area contributed by atoms with Crippen molar-refractivity contribution >= 4 is 11.9 Å². The van der Waals surface area contributed by atoms with Gasteiger partial charge >= 0.3 is 5.97 Å². The SMILES string of the molecule is CCC1(C(=O)O)CCN(C(=O)Cc2c(F)cccc2F)C1. The van der Waals surface area contributed by atoms with Gasteiger partial charge in [0.1, 0.15) is 11.6 Å². The minimum Gasteiger partial charge on any atom is -0.481 e. The number of halogens is 2. The second-order valence-electron chi connectivity index (χ2n) is 5.38. The molecule has 1 saturated heterocycles. The monoisotopic (exact) mass is 297 g/mol. The van der Waals surface area contributed by atoms with Crippen molar-refractivity contribution in [2.75, 3.05) is 13.1 Å². The maximum Gasteiger partial charge on any atom is 0.311 e. The number of likely N-dealkylation sites (tertiary alicyclic amines) is 1. The van der Waals surface area contributed by atoms with Crippen molar-refractivity contribution in [2.24, 2.45) is 5.41 Å². The van der Waals surface area contributed by atoms with Gasteiger partial charge < -0.3 is 10.0 Å². The predicted molar refractivity (Wildman–Crippen MR) is 71.6 cm³/mol. The van der Waals surface area contributed by atoms with E-state index in [4.69, 9.17) is 0 Å². The molecule has 114 valence electrons. The first kappa shape index (κ1) is 15.4. The van der Waals surface area contributed by atoms with Crippen LogP contribution in [-0.4, -0.2) is 35.0 Å². The first-order valence-corrected chi connectivity index (χ1v) is 6.83. The Morgan fingerprint density at radius 3 is 2.43 bits per heavy atom. The first-order valence-electron chi connectivity index (χ1n) is 6.83. The number of rotatable bonds is 4. The summed E-state index contributed by atoms with van der Waals surface area (Å²) in [4.78, 5) is 24.9. The van der Waals surface area contributed by atoms with Gasteiger partial charge in [0.2, 0.25) is 5.91 Å². The predicted octanol–water partition coefficient (Wildman–Crippen LogP) is 2.22. The van der Waals surface area contributed by atoms with Crippen LogP contribution in [0.2, 0.25) is 0 Å². The van der Waals surface area contributed by atoms with E-state index in [9.17, 15) is 23.5 Å². The van der Waals surface area contributed by atoms with E-state index in [1.165, 1.54) is 11.0 Å². The zero-order chi connectivity index (χ0) is 15.6. The van der Waals surface area contributed by atoms with Gasteiger partial charge in [0.15, 0.2) is 0 Å². The second kappa shape index (κ2) is 5.79. The molecule has 1 aromatic rings. The van der Waals surface area contributed by atoms with Crippen LogP contribution in [0, 0.1) is 17.0 Å². The van der Waals surface area contributed by atoms with Crippen LogP contribution in [0.4, 0.5) is 8.78 Å². The molecule has 2 rings (SSSR count). The number of aliphatic carboxylic acids is 1.